The van der Waals surface area contributed by atoms with Crippen LogP contribution in [0.3, 0.4) is 0 Å². The van der Waals surface area contributed by atoms with Crippen molar-refractivity contribution in [3.63, 3.8) is 0 Å². The Bertz CT molecular complexity index is 436. The van der Waals surface area contributed by atoms with Crippen LogP contribution in [-0.4, -0.2) is 59.4 Å². The Morgan fingerprint density at radius 1 is 1.25 bits per heavy atom. The molecule has 2 heterocycles. The molecule has 2 rings (SSSR count). The lowest BCUT2D eigenvalue weighted by Crippen LogP contribution is -2.53. The van der Waals surface area contributed by atoms with E-state index in [0.29, 0.717) is 39.1 Å². The van der Waals surface area contributed by atoms with Gasteiger partial charge in [0.25, 0.3) is 0 Å². The molecule has 1 saturated heterocycles. The summed E-state index contributed by atoms with van der Waals surface area (Å²) < 4.78 is 0. The molecule has 2 N–H and O–H groups in total. The van der Waals surface area contributed by atoms with Gasteiger partial charge in [0.15, 0.2) is 0 Å². The Morgan fingerprint density at radius 3 is 2.55 bits per heavy atom. The minimum Gasteiger partial charge on any atom is -0.367 e. The standard InChI is InChI=1S/C14H22N4O2/c1-2-4-16-14(20)18-8-6-17(7-9-18)13(19)10-12-3-5-15-11-12/h3,5,11,15H,2,4,6-10H2,1H3,(H,16,20). The van der Waals surface area contributed by atoms with E-state index in [0.717, 1.165) is 12.0 Å². The second kappa shape index (κ2) is 6.98. The molecule has 3 amide bonds. The highest BCUT2D eigenvalue weighted by atomic mass is 16.2. The summed E-state index contributed by atoms with van der Waals surface area (Å²) in [5.74, 6) is 0.123. The molecule has 1 fully saturated rings. The van der Waals surface area contributed by atoms with Crippen LogP contribution in [0.5, 0.6) is 0 Å². The normalized spacial score (nSPS) is 15.2. The first-order valence-electron chi connectivity index (χ1n) is 7.13. The molecule has 0 spiro atoms. The second-order valence-electron chi connectivity index (χ2n) is 5.00. The van der Waals surface area contributed by atoms with Gasteiger partial charge in [-0.1, -0.05) is 6.92 Å². The van der Waals surface area contributed by atoms with Gasteiger partial charge in [-0.25, -0.2) is 4.79 Å². The van der Waals surface area contributed by atoms with Gasteiger partial charge in [0.05, 0.1) is 6.42 Å². The van der Waals surface area contributed by atoms with Crippen LogP contribution in [0.1, 0.15) is 18.9 Å². The zero-order chi connectivity index (χ0) is 14.4. The fourth-order valence-electron chi connectivity index (χ4n) is 2.26. The van der Waals surface area contributed by atoms with Gasteiger partial charge in [0.1, 0.15) is 0 Å². The topological polar surface area (TPSA) is 68.4 Å². The van der Waals surface area contributed by atoms with E-state index < -0.39 is 0 Å². The molecule has 0 atom stereocenters. The van der Waals surface area contributed by atoms with Crippen molar-refractivity contribution in [2.45, 2.75) is 19.8 Å². The number of aromatic amines is 1. The lowest BCUT2D eigenvalue weighted by atomic mass is 10.2. The number of amides is 3. The van der Waals surface area contributed by atoms with E-state index in [9.17, 15) is 9.59 Å². The predicted octanol–water partition coefficient (Wildman–Crippen LogP) is 0.821. The van der Waals surface area contributed by atoms with Gasteiger partial charge >= 0.3 is 6.03 Å². The number of carbonyl (C=O) groups excluding carboxylic acids is 2. The van der Waals surface area contributed by atoms with Crippen molar-refractivity contribution in [1.29, 1.82) is 0 Å². The van der Waals surface area contributed by atoms with E-state index in [1.54, 1.807) is 4.90 Å². The van der Waals surface area contributed by atoms with Crippen LogP contribution in [0.15, 0.2) is 18.5 Å². The number of aromatic nitrogens is 1. The highest BCUT2D eigenvalue weighted by molar-refractivity contribution is 5.79. The van der Waals surface area contributed by atoms with E-state index in [1.165, 1.54) is 0 Å². The summed E-state index contributed by atoms with van der Waals surface area (Å²) in [6.45, 7) is 5.16. The van der Waals surface area contributed by atoms with Gasteiger partial charge in [-0.3, -0.25) is 4.79 Å². The Labute approximate surface area is 119 Å². The summed E-state index contributed by atoms with van der Waals surface area (Å²) in [5, 5.41) is 2.86. The van der Waals surface area contributed by atoms with E-state index in [1.807, 2.05) is 30.3 Å². The number of urea groups is 1. The maximum atomic E-state index is 12.1. The monoisotopic (exact) mass is 278 g/mol. The summed E-state index contributed by atoms with van der Waals surface area (Å²) in [7, 11) is 0. The Hall–Kier alpha value is -1.98. The van der Waals surface area contributed by atoms with Gasteiger partial charge in [0.2, 0.25) is 5.91 Å². The van der Waals surface area contributed by atoms with Crippen molar-refractivity contribution in [2.24, 2.45) is 0 Å². The van der Waals surface area contributed by atoms with E-state index >= 15 is 0 Å². The van der Waals surface area contributed by atoms with Crippen molar-refractivity contribution in [1.82, 2.24) is 20.1 Å². The first-order valence-corrected chi connectivity index (χ1v) is 7.13. The molecule has 20 heavy (non-hydrogen) atoms. The van der Waals surface area contributed by atoms with E-state index in [-0.39, 0.29) is 11.9 Å². The molecule has 1 aliphatic heterocycles. The zero-order valence-corrected chi connectivity index (χ0v) is 11.9. The quantitative estimate of drug-likeness (QED) is 0.856. The van der Waals surface area contributed by atoms with Crippen molar-refractivity contribution in [3.8, 4) is 0 Å². The maximum absolute atomic E-state index is 12.1. The van der Waals surface area contributed by atoms with Crippen LogP contribution >= 0.6 is 0 Å². The van der Waals surface area contributed by atoms with Gasteiger partial charge in [-0.05, 0) is 18.1 Å². The zero-order valence-electron chi connectivity index (χ0n) is 11.9. The number of hydrogen-bond donors (Lipinski definition) is 2. The molecule has 0 aromatic carbocycles. The lowest BCUT2D eigenvalue weighted by Gasteiger charge is -2.34. The summed E-state index contributed by atoms with van der Waals surface area (Å²) in [6.07, 6.45) is 5.01. The minimum absolute atomic E-state index is 0.0235. The molecule has 1 aromatic heterocycles. The summed E-state index contributed by atoms with van der Waals surface area (Å²) in [5.41, 5.74) is 0.998. The van der Waals surface area contributed by atoms with Crippen molar-refractivity contribution >= 4 is 11.9 Å². The molecular formula is C14H22N4O2. The number of hydrogen-bond acceptors (Lipinski definition) is 2. The fourth-order valence-corrected chi connectivity index (χ4v) is 2.26. The van der Waals surface area contributed by atoms with Gasteiger partial charge < -0.3 is 20.1 Å². The highest BCUT2D eigenvalue weighted by Crippen LogP contribution is 2.06. The molecule has 0 bridgehead atoms. The maximum Gasteiger partial charge on any atom is 0.317 e. The molecule has 0 radical (unpaired) electrons. The molecule has 0 aliphatic carbocycles. The van der Waals surface area contributed by atoms with Crippen LogP contribution in [0.4, 0.5) is 4.79 Å². The number of piperazine rings is 1. The summed E-state index contributed by atoms with van der Waals surface area (Å²) in [4.78, 5) is 30.5. The van der Waals surface area contributed by atoms with Crippen molar-refractivity contribution in [3.05, 3.63) is 24.0 Å². The number of rotatable bonds is 4. The van der Waals surface area contributed by atoms with Gasteiger partial charge in [0, 0.05) is 45.1 Å². The second-order valence-corrected chi connectivity index (χ2v) is 5.00. The van der Waals surface area contributed by atoms with E-state index in [2.05, 4.69) is 10.3 Å². The third kappa shape index (κ3) is 3.76. The average molecular weight is 278 g/mol. The van der Waals surface area contributed by atoms with Crippen LogP contribution in [-0.2, 0) is 11.2 Å². The molecule has 110 valence electrons. The smallest absolute Gasteiger partial charge is 0.317 e. The average Bonchev–Trinajstić information content (AvgIpc) is 2.97. The van der Waals surface area contributed by atoms with Crippen LogP contribution < -0.4 is 5.32 Å². The molecule has 0 unspecified atom stereocenters. The molecule has 0 saturated carbocycles. The Kier molecular flexibility index (Phi) is 5.03. The summed E-state index contributed by atoms with van der Waals surface area (Å²) in [6, 6.07) is 1.89. The molecule has 6 heteroatoms. The number of nitrogens with zero attached hydrogens (tertiary/aromatic N) is 2. The molecule has 6 nitrogen and oxygen atoms in total. The fraction of sp³-hybridized carbons (Fsp3) is 0.571. The van der Waals surface area contributed by atoms with Crippen LogP contribution in [0.2, 0.25) is 0 Å². The van der Waals surface area contributed by atoms with Gasteiger partial charge in [-0.2, -0.15) is 0 Å². The molecular weight excluding hydrogens is 256 g/mol. The number of nitrogens with one attached hydrogen (secondary N) is 2. The number of H-pyrrole nitrogens is 1. The third-order valence-corrected chi connectivity index (χ3v) is 3.46. The minimum atomic E-state index is -0.0235. The highest BCUT2D eigenvalue weighted by Gasteiger charge is 2.23. The predicted molar refractivity (Wildman–Crippen MR) is 76.3 cm³/mol. The Morgan fingerprint density at radius 2 is 1.95 bits per heavy atom. The summed E-state index contributed by atoms with van der Waals surface area (Å²) >= 11 is 0. The SMILES string of the molecule is CCCNC(=O)N1CCN(C(=O)Cc2cc[nH]c2)CC1. The molecule has 1 aliphatic rings. The lowest BCUT2D eigenvalue weighted by molar-refractivity contribution is -0.131. The van der Waals surface area contributed by atoms with Crippen LogP contribution in [0.25, 0.3) is 0 Å². The molecule has 1 aromatic rings. The largest absolute Gasteiger partial charge is 0.367 e. The van der Waals surface area contributed by atoms with Crippen molar-refractivity contribution in [2.75, 3.05) is 32.7 Å². The van der Waals surface area contributed by atoms with Crippen LogP contribution in [0, 0.1) is 0 Å². The first-order chi connectivity index (χ1) is 9.70. The third-order valence-electron chi connectivity index (χ3n) is 3.46. The van der Waals surface area contributed by atoms with Gasteiger partial charge in [-0.15, -0.1) is 0 Å². The first kappa shape index (κ1) is 14.4. The van der Waals surface area contributed by atoms with Crippen molar-refractivity contribution < 1.29 is 9.59 Å². The Balaban J connectivity index is 1.76. The van der Waals surface area contributed by atoms with E-state index in [4.69, 9.17) is 0 Å². The number of carbonyl (C=O) groups is 2.